The van der Waals surface area contributed by atoms with Crippen molar-refractivity contribution in [3.8, 4) is 5.75 Å². The number of benzene rings is 1. The minimum absolute atomic E-state index is 0.0745. The van der Waals surface area contributed by atoms with Gasteiger partial charge >= 0.3 is 5.97 Å². The number of aliphatic carboxylic acids is 1. The van der Waals surface area contributed by atoms with Gasteiger partial charge in [-0.3, -0.25) is 4.79 Å². The predicted molar refractivity (Wildman–Crippen MR) is 74.4 cm³/mol. The number of sulfonamides is 1. The Labute approximate surface area is 119 Å². The fraction of sp³-hybridized carbons (Fsp3) is 0.462. The first kappa shape index (κ1) is 16.5. The lowest BCUT2D eigenvalue weighted by atomic mass is 10.2. The molecule has 6 nitrogen and oxygen atoms in total. The highest BCUT2D eigenvalue weighted by atomic mass is 32.2. The summed E-state index contributed by atoms with van der Waals surface area (Å²) in [6.07, 6.45) is 0.543. The van der Waals surface area contributed by atoms with Crippen LogP contribution in [0, 0.1) is 6.92 Å². The summed E-state index contributed by atoms with van der Waals surface area (Å²) >= 11 is 0. The van der Waals surface area contributed by atoms with E-state index in [0.29, 0.717) is 17.7 Å². The molecule has 0 saturated carbocycles. The van der Waals surface area contributed by atoms with Crippen molar-refractivity contribution in [2.45, 2.75) is 25.2 Å². The summed E-state index contributed by atoms with van der Waals surface area (Å²) in [5, 5.41) is 8.83. The van der Waals surface area contributed by atoms with Crippen molar-refractivity contribution in [1.82, 2.24) is 4.31 Å². The molecule has 0 aliphatic heterocycles. The van der Waals surface area contributed by atoms with Gasteiger partial charge in [0.25, 0.3) is 0 Å². The first-order chi connectivity index (χ1) is 9.32. The van der Waals surface area contributed by atoms with E-state index in [0.717, 1.165) is 4.31 Å². The van der Waals surface area contributed by atoms with E-state index in [2.05, 4.69) is 0 Å². The molecule has 0 aromatic heterocycles. The van der Waals surface area contributed by atoms with Crippen molar-refractivity contribution in [3.05, 3.63) is 23.8 Å². The lowest BCUT2D eigenvalue weighted by molar-refractivity contribution is -0.137. The summed E-state index contributed by atoms with van der Waals surface area (Å²) in [5.41, 5.74) is 0.681. The fourth-order valence-electron chi connectivity index (χ4n) is 1.84. The largest absolute Gasteiger partial charge is 0.496 e. The van der Waals surface area contributed by atoms with Crippen LogP contribution in [0.15, 0.2) is 23.1 Å². The minimum Gasteiger partial charge on any atom is -0.496 e. The highest BCUT2D eigenvalue weighted by molar-refractivity contribution is 7.89. The Bertz CT molecular complexity index is 582. The van der Waals surface area contributed by atoms with Crippen LogP contribution in [0.2, 0.25) is 0 Å². The molecule has 0 unspecified atom stereocenters. The van der Waals surface area contributed by atoms with E-state index in [1.807, 2.05) is 0 Å². The normalized spacial score (nSPS) is 11.6. The molecule has 1 aromatic rings. The molecule has 0 spiro atoms. The van der Waals surface area contributed by atoms with Gasteiger partial charge in [-0.05, 0) is 37.1 Å². The van der Waals surface area contributed by atoms with Crippen molar-refractivity contribution in [2.24, 2.45) is 0 Å². The van der Waals surface area contributed by atoms with Crippen LogP contribution < -0.4 is 4.74 Å². The van der Waals surface area contributed by atoms with Gasteiger partial charge in [0.1, 0.15) is 12.3 Å². The molecule has 0 amide bonds. The molecule has 0 fully saturated rings. The van der Waals surface area contributed by atoms with Gasteiger partial charge in [-0.1, -0.05) is 6.92 Å². The van der Waals surface area contributed by atoms with Gasteiger partial charge in [0, 0.05) is 6.54 Å². The highest BCUT2D eigenvalue weighted by Crippen LogP contribution is 2.23. The average molecular weight is 301 g/mol. The van der Waals surface area contributed by atoms with Crippen LogP contribution in [0.1, 0.15) is 18.9 Å². The van der Waals surface area contributed by atoms with Gasteiger partial charge in [-0.15, -0.1) is 0 Å². The Morgan fingerprint density at radius 2 is 2.05 bits per heavy atom. The summed E-state index contributed by atoms with van der Waals surface area (Å²) in [5.74, 6) is -0.587. The number of nitrogens with zero attached hydrogens (tertiary/aromatic N) is 1. The Balaban J connectivity index is 3.18. The van der Waals surface area contributed by atoms with E-state index in [9.17, 15) is 13.2 Å². The number of carboxylic acids is 1. The second-order valence-electron chi connectivity index (χ2n) is 4.36. The first-order valence-electron chi connectivity index (χ1n) is 6.19. The van der Waals surface area contributed by atoms with Gasteiger partial charge < -0.3 is 9.84 Å². The topological polar surface area (TPSA) is 83.9 Å². The summed E-state index contributed by atoms with van der Waals surface area (Å²) in [7, 11) is -2.30. The smallest absolute Gasteiger partial charge is 0.318 e. The number of aryl methyl sites for hydroxylation is 1. The zero-order valence-electron chi connectivity index (χ0n) is 11.8. The van der Waals surface area contributed by atoms with Crippen molar-refractivity contribution in [3.63, 3.8) is 0 Å². The molecule has 1 rings (SSSR count). The van der Waals surface area contributed by atoms with Crippen molar-refractivity contribution < 1.29 is 23.1 Å². The highest BCUT2D eigenvalue weighted by Gasteiger charge is 2.26. The van der Waals surface area contributed by atoms with E-state index < -0.39 is 22.5 Å². The fourth-order valence-corrected chi connectivity index (χ4v) is 3.41. The van der Waals surface area contributed by atoms with E-state index >= 15 is 0 Å². The van der Waals surface area contributed by atoms with Crippen molar-refractivity contribution in [2.75, 3.05) is 20.2 Å². The van der Waals surface area contributed by atoms with Gasteiger partial charge in [0.15, 0.2) is 0 Å². The van der Waals surface area contributed by atoms with Crippen LogP contribution in [0.25, 0.3) is 0 Å². The Morgan fingerprint density at radius 3 is 2.50 bits per heavy atom. The molecule has 20 heavy (non-hydrogen) atoms. The van der Waals surface area contributed by atoms with Crippen LogP contribution in [0.4, 0.5) is 0 Å². The molecule has 0 aliphatic rings. The Kier molecular flexibility index (Phi) is 5.52. The van der Waals surface area contributed by atoms with Crippen LogP contribution in [0.5, 0.6) is 5.75 Å². The summed E-state index contributed by atoms with van der Waals surface area (Å²) in [4.78, 5) is 10.9. The number of hydrogen-bond donors (Lipinski definition) is 1. The molecular weight excluding hydrogens is 282 g/mol. The summed E-state index contributed by atoms with van der Waals surface area (Å²) in [6, 6.07) is 4.47. The first-order valence-corrected chi connectivity index (χ1v) is 7.63. The zero-order chi connectivity index (χ0) is 15.3. The van der Waals surface area contributed by atoms with Crippen molar-refractivity contribution in [1.29, 1.82) is 0 Å². The standard InChI is InChI=1S/C13H19NO5S/c1-4-7-14(9-13(15)16)20(17,18)11-5-6-12(19-3)10(2)8-11/h5-6,8H,4,7,9H2,1-3H3,(H,15,16). The third-order valence-corrected chi connectivity index (χ3v) is 4.63. The maximum absolute atomic E-state index is 12.4. The quantitative estimate of drug-likeness (QED) is 0.825. The zero-order valence-corrected chi connectivity index (χ0v) is 12.6. The van der Waals surface area contributed by atoms with Gasteiger partial charge in [0.2, 0.25) is 10.0 Å². The molecule has 0 atom stereocenters. The van der Waals surface area contributed by atoms with Crippen LogP contribution >= 0.6 is 0 Å². The molecular formula is C13H19NO5S. The lowest BCUT2D eigenvalue weighted by Gasteiger charge is -2.20. The van der Waals surface area contributed by atoms with E-state index in [1.165, 1.54) is 19.2 Å². The minimum atomic E-state index is -3.81. The van der Waals surface area contributed by atoms with Gasteiger partial charge in [-0.2, -0.15) is 4.31 Å². The molecule has 0 saturated heterocycles. The SMILES string of the molecule is CCCN(CC(=O)O)S(=O)(=O)c1ccc(OC)c(C)c1. The molecule has 112 valence electrons. The molecule has 0 heterocycles. The predicted octanol–water partition coefficient (Wildman–Crippen LogP) is 1.49. The monoisotopic (exact) mass is 301 g/mol. The van der Waals surface area contributed by atoms with E-state index in [1.54, 1.807) is 19.9 Å². The lowest BCUT2D eigenvalue weighted by Crippen LogP contribution is -2.36. The second-order valence-corrected chi connectivity index (χ2v) is 6.30. The maximum Gasteiger partial charge on any atom is 0.318 e. The maximum atomic E-state index is 12.4. The van der Waals surface area contributed by atoms with Crippen LogP contribution in [0.3, 0.4) is 0 Å². The summed E-state index contributed by atoms with van der Waals surface area (Å²) in [6.45, 7) is 3.16. The number of rotatable bonds is 7. The number of ether oxygens (including phenoxy) is 1. The van der Waals surface area contributed by atoms with Gasteiger partial charge in [-0.25, -0.2) is 8.42 Å². The molecule has 0 radical (unpaired) electrons. The molecule has 7 heteroatoms. The number of methoxy groups -OCH3 is 1. The van der Waals surface area contributed by atoms with Gasteiger partial charge in [0.05, 0.1) is 12.0 Å². The average Bonchev–Trinajstić information content (AvgIpc) is 2.37. The molecule has 1 aromatic carbocycles. The number of carboxylic acid groups (broad SMARTS) is 1. The Morgan fingerprint density at radius 1 is 1.40 bits per heavy atom. The van der Waals surface area contributed by atoms with Crippen molar-refractivity contribution >= 4 is 16.0 Å². The van der Waals surface area contributed by atoms with Crippen LogP contribution in [-0.2, 0) is 14.8 Å². The van der Waals surface area contributed by atoms with E-state index in [-0.39, 0.29) is 11.4 Å². The molecule has 1 N–H and O–H groups in total. The second kappa shape index (κ2) is 6.71. The van der Waals surface area contributed by atoms with Crippen LogP contribution in [-0.4, -0.2) is 44.0 Å². The number of carbonyl (C=O) groups is 1. The Hall–Kier alpha value is -1.60. The molecule has 0 aliphatic carbocycles. The summed E-state index contributed by atoms with van der Waals surface area (Å²) < 4.78 is 30.9. The van der Waals surface area contributed by atoms with E-state index in [4.69, 9.17) is 9.84 Å². The number of hydrogen-bond acceptors (Lipinski definition) is 4. The third kappa shape index (κ3) is 3.71. The molecule has 0 bridgehead atoms. The third-order valence-electron chi connectivity index (χ3n) is 2.79.